The molecule has 1 saturated carbocycles. The molecule has 6 N–H and O–H groups in total. The van der Waals surface area contributed by atoms with Gasteiger partial charge in [0.1, 0.15) is 5.82 Å². The Morgan fingerprint density at radius 2 is 1.97 bits per heavy atom. The lowest BCUT2D eigenvalue weighted by Crippen LogP contribution is -2.18. The molecule has 0 aliphatic heterocycles. The van der Waals surface area contributed by atoms with Crippen LogP contribution in [0, 0.1) is 6.85 Å². The minimum Gasteiger partial charge on any atom is -0.395 e. The highest BCUT2D eigenvalue weighted by molar-refractivity contribution is 6.04. The van der Waals surface area contributed by atoms with Crippen LogP contribution in [0.25, 0.3) is 33.5 Å². The molecule has 1 amide bonds. The first-order valence-corrected chi connectivity index (χ1v) is 11.2. The van der Waals surface area contributed by atoms with E-state index in [0.29, 0.717) is 34.2 Å². The number of pyridine rings is 1. The lowest BCUT2D eigenvalue weighted by atomic mass is 9.99. The molecule has 0 bridgehead atoms. The van der Waals surface area contributed by atoms with E-state index in [1.54, 1.807) is 30.6 Å². The van der Waals surface area contributed by atoms with Gasteiger partial charge in [-0.3, -0.25) is 9.89 Å². The molecule has 0 radical (unpaired) electrons. The molecule has 11 heteroatoms. The Hall–Kier alpha value is -4.93. The number of fused-ring (bicyclic) bond motifs is 1. The van der Waals surface area contributed by atoms with E-state index in [0.717, 1.165) is 18.5 Å². The molecule has 0 unspecified atom stereocenters. The number of aromatic nitrogens is 7. The molecular formula is C25H22N10O. The van der Waals surface area contributed by atoms with Crippen molar-refractivity contribution in [3.05, 3.63) is 65.9 Å². The van der Waals surface area contributed by atoms with Gasteiger partial charge < -0.3 is 16.8 Å². The van der Waals surface area contributed by atoms with E-state index in [1.165, 1.54) is 12.3 Å². The highest BCUT2D eigenvalue weighted by Gasteiger charge is 2.27. The van der Waals surface area contributed by atoms with Crippen molar-refractivity contribution in [3.63, 3.8) is 0 Å². The Morgan fingerprint density at radius 3 is 2.72 bits per heavy atom. The number of nitrogens with one attached hydrogen (secondary N) is 2. The number of amides is 1. The zero-order valence-electron chi connectivity index (χ0n) is 21.9. The summed E-state index contributed by atoms with van der Waals surface area (Å²) in [5.41, 5.74) is 13.8. The van der Waals surface area contributed by atoms with Gasteiger partial charge in [-0.25, -0.2) is 24.9 Å². The molecule has 178 valence electrons. The molecule has 0 spiro atoms. The van der Waals surface area contributed by atoms with Crippen LogP contribution in [0.1, 0.15) is 44.6 Å². The zero-order chi connectivity index (χ0) is 27.3. The third kappa shape index (κ3) is 3.76. The number of nitrogens with zero attached hydrogens (tertiary/aromatic N) is 6. The van der Waals surface area contributed by atoms with E-state index in [2.05, 4.69) is 30.5 Å². The zero-order valence-corrected chi connectivity index (χ0v) is 18.9. The number of nitrogens with two attached hydrogens (primary N) is 2. The molecule has 5 aromatic rings. The fourth-order valence-electron chi connectivity index (χ4n) is 4.07. The summed E-state index contributed by atoms with van der Waals surface area (Å²) in [5.74, 6) is 0.196. The highest BCUT2D eigenvalue weighted by Crippen LogP contribution is 2.41. The van der Waals surface area contributed by atoms with E-state index < -0.39 is 12.8 Å². The van der Waals surface area contributed by atoms with E-state index >= 15 is 0 Å². The van der Waals surface area contributed by atoms with Crippen LogP contribution in [-0.2, 0) is 0 Å². The van der Waals surface area contributed by atoms with Crippen LogP contribution in [0.15, 0.2) is 48.9 Å². The number of primary amides is 1. The molecule has 4 heterocycles. The summed E-state index contributed by atoms with van der Waals surface area (Å²) in [4.78, 5) is 34.8. The van der Waals surface area contributed by atoms with Crippen molar-refractivity contribution in [3.8, 4) is 22.6 Å². The summed E-state index contributed by atoms with van der Waals surface area (Å²) in [5, 5.41) is 10.5. The lowest BCUT2D eigenvalue weighted by Gasteiger charge is -2.16. The van der Waals surface area contributed by atoms with Crippen molar-refractivity contribution in [1.29, 1.82) is 0 Å². The second kappa shape index (κ2) is 8.38. The first-order chi connectivity index (χ1) is 18.7. The molecular weight excluding hydrogens is 456 g/mol. The average molecular weight is 482 g/mol. The number of hydrogen-bond donors (Lipinski definition) is 4. The maximum atomic E-state index is 12.5. The SMILES string of the molecule is [2H]C([2H])([2H])c1ccc2[nH]ncc2c1-c1nc(-c2ccc(C3CC3)nc2Nc2ncccn2)nc(C(N)=O)c1N. The van der Waals surface area contributed by atoms with Crippen molar-refractivity contribution in [2.24, 2.45) is 5.73 Å². The summed E-state index contributed by atoms with van der Waals surface area (Å²) in [6, 6.07) is 8.42. The van der Waals surface area contributed by atoms with Crippen molar-refractivity contribution in [2.75, 3.05) is 11.1 Å². The fourth-order valence-corrected chi connectivity index (χ4v) is 4.07. The Labute approximate surface area is 209 Å². The highest BCUT2D eigenvalue weighted by atomic mass is 16.1. The molecule has 6 rings (SSSR count). The van der Waals surface area contributed by atoms with Crippen molar-refractivity contribution < 1.29 is 8.91 Å². The third-order valence-corrected chi connectivity index (χ3v) is 5.99. The summed E-state index contributed by atoms with van der Waals surface area (Å²) in [6.45, 7) is -2.52. The number of rotatable bonds is 6. The first-order valence-electron chi connectivity index (χ1n) is 12.7. The minimum atomic E-state index is -2.52. The first kappa shape index (κ1) is 18.4. The molecule has 1 aromatic carbocycles. The predicted molar refractivity (Wildman–Crippen MR) is 135 cm³/mol. The monoisotopic (exact) mass is 481 g/mol. The average Bonchev–Trinajstić information content (AvgIpc) is 3.65. The molecule has 1 aliphatic rings. The molecule has 1 aliphatic carbocycles. The topological polar surface area (TPSA) is 174 Å². The van der Waals surface area contributed by atoms with Gasteiger partial charge in [-0.15, -0.1) is 0 Å². The van der Waals surface area contributed by atoms with Crippen molar-refractivity contribution in [2.45, 2.75) is 25.6 Å². The van der Waals surface area contributed by atoms with Crippen molar-refractivity contribution >= 4 is 34.3 Å². The number of H-pyrrole nitrogens is 1. The Balaban J connectivity index is 1.61. The number of benzene rings is 1. The smallest absolute Gasteiger partial charge is 0.269 e. The molecule has 1 fully saturated rings. The molecule has 4 aromatic heterocycles. The largest absolute Gasteiger partial charge is 0.395 e. The van der Waals surface area contributed by atoms with Gasteiger partial charge >= 0.3 is 0 Å². The summed E-state index contributed by atoms with van der Waals surface area (Å²) in [6.07, 6.45) is 6.73. The molecule has 0 saturated heterocycles. The number of hydrogen-bond acceptors (Lipinski definition) is 9. The lowest BCUT2D eigenvalue weighted by molar-refractivity contribution is 0.0996. The minimum absolute atomic E-state index is 0.0126. The number of aryl methyl sites for hydroxylation is 1. The Kier molecular flexibility index (Phi) is 4.28. The van der Waals surface area contributed by atoms with Crippen LogP contribution in [-0.4, -0.2) is 41.0 Å². The molecule has 36 heavy (non-hydrogen) atoms. The van der Waals surface area contributed by atoms with E-state index in [1.807, 2.05) is 6.07 Å². The van der Waals surface area contributed by atoms with Gasteiger partial charge in [0.05, 0.1) is 28.7 Å². The van der Waals surface area contributed by atoms with E-state index in [9.17, 15) is 4.79 Å². The standard InChI is InChI=1S/C25H22N10O/c1-12-3-7-17-15(11-30-35-17)18(12)20-19(26)21(22(27)36)33-24(32-20)14-6-8-16(13-4-5-13)31-23(14)34-25-28-9-2-10-29-25/h2-3,6-11,13H,4-5,26H2,1H3,(H2,27,36)(H,30,35)(H,28,29,31,34)/i1D3. The third-order valence-electron chi connectivity index (χ3n) is 5.99. The fraction of sp³-hybridized carbons (Fsp3) is 0.160. The maximum absolute atomic E-state index is 12.5. The number of carbonyl (C=O) groups is 1. The van der Waals surface area contributed by atoms with Gasteiger partial charge in [0, 0.05) is 39.1 Å². The van der Waals surface area contributed by atoms with Gasteiger partial charge in [-0.1, -0.05) is 6.07 Å². The quantitative estimate of drug-likeness (QED) is 0.283. The van der Waals surface area contributed by atoms with Gasteiger partial charge in [0.15, 0.2) is 11.5 Å². The predicted octanol–water partition coefficient (Wildman–Crippen LogP) is 3.48. The van der Waals surface area contributed by atoms with Crippen LogP contribution < -0.4 is 16.8 Å². The Bertz CT molecular complexity index is 1730. The molecule has 11 nitrogen and oxygen atoms in total. The number of nitrogen functional groups attached to an aromatic ring is 1. The van der Waals surface area contributed by atoms with Gasteiger partial charge in [-0.05, 0) is 49.5 Å². The second-order valence-corrected chi connectivity index (χ2v) is 8.45. The van der Waals surface area contributed by atoms with Crippen LogP contribution in [0.4, 0.5) is 17.5 Å². The summed E-state index contributed by atoms with van der Waals surface area (Å²) < 4.78 is 24.4. The van der Waals surface area contributed by atoms with Gasteiger partial charge in [-0.2, -0.15) is 5.10 Å². The van der Waals surface area contributed by atoms with Gasteiger partial charge in [0.2, 0.25) is 5.95 Å². The van der Waals surface area contributed by atoms with Crippen LogP contribution in [0.2, 0.25) is 0 Å². The van der Waals surface area contributed by atoms with Crippen LogP contribution in [0.5, 0.6) is 0 Å². The van der Waals surface area contributed by atoms with Gasteiger partial charge in [0.25, 0.3) is 5.91 Å². The van der Waals surface area contributed by atoms with Crippen LogP contribution in [0.3, 0.4) is 0 Å². The van der Waals surface area contributed by atoms with Crippen molar-refractivity contribution in [1.82, 2.24) is 35.1 Å². The van der Waals surface area contributed by atoms with Crippen LogP contribution >= 0.6 is 0 Å². The van der Waals surface area contributed by atoms with E-state index in [-0.39, 0.29) is 34.0 Å². The maximum Gasteiger partial charge on any atom is 0.269 e. The summed E-state index contributed by atoms with van der Waals surface area (Å²) in [7, 11) is 0. The number of anilines is 3. The number of aromatic amines is 1. The molecule has 0 atom stereocenters. The summed E-state index contributed by atoms with van der Waals surface area (Å²) >= 11 is 0. The normalized spacial score (nSPS) is 14.7. The Morgan fingerprint density at radius 1 is 1.14 bits per heavy atom. The number of carbonyl (C=O) groups excluding carboxylic acids is 1. The van der Waals surface area contributed by atoms with E-state index in [4.69, 9.17) is 25.5 Å². The second-order valence-electron chi connectivity index (χ2n) is 8.45.